The molecule has 0 bridgehead atoms. The number of amides is 1. The van der Waals surface area contributed by atoms with Crippen molar-refractivity contribution in [2.75, 3.05) is 53.4 Å². The molecule has 0 N–H and O–H groups in total. The minimum Gasteiger partial charge on any atom is -0.497 e. The molecule has 9 heteroatoms. The summed E-state index contributed by atoms with van der Waals surface area (Å²) in [7, 11) is 8.61. The fourth-order valence-corrected chi connectivity index (χ4v) is 4.94. The van der Waals surface area contributed by atoms with E-state index in [4.69, 9.17) is 18.9 Å². The summed E-state index contributed by atoms with van der Waals surface area (Å²) in [6.07, 6.45) is -1.01. The number of thioether (sulfide) groups is 1. The van der Waals surface area contributed by atoms with Gasteiger partial charge in [-0.25, -0.2) is 0 Å². The molecule has 0 aromatic heterocycles. The van der Waals surface area contributed by atoms with Gasteiger partial charge in [0, 0.05) is 31.0 Å². The average molecular weight is 475 g/mol. The van der Waals surface area contributed by atoms with Crippen LogP contribution in [0.3, 0.4) is 0 Å². The van der Waals surface area contributed by atoms with Crippen LogP contribution in [0.15, 0.2) is 41.3 Å². The van der Waals surface area contributed by atoms with Gasteiger partial charge in [0.15, 0.2) is 17.6 Å². The maximum Gasteiger partial charge on any atom is 0.303 e. The molecule has 3 rings (SSSR count). The number of nitrogens with zero attached hydrogens (tertiary/aromatic N) is 2. The first-order chi connectivity index (χ1) is 15.8. The Kier molecular flexibility index (Phi) is 8.10. The fourth-order valence-electron chi connectivity index (χ4n) is 3.61. The Bertz CT molecular complexity index is 995. The molecule has 0 fully saturated rings. The van der Waals surface area contributed by atoms with Crippen LogP contribution in [0.2, 0.25) is 0 Å². The van der Waals surface area contributed by atoms with Gasteiger partial charge in [-0.1, -0.05) is 12.1 Å². The molecule has 178 valence electrons. The van der Waals surface area contributed by atoms with Gasteiger partial charge in [-0.05, 0) is 37.9 Å². The van der Waals surface area contributed by atoms with Crippen LogP contribution >= 0.6 is 11.8 Å². The Morgan fingerprint density at radius 2 is 1.67 bits per heavy atom. The zero-order valence-corrected chi connectivity index (χ0v) is 20.6. The lowest BCUT2D eigenvalue weighted by Gasteiger charge is -2.28. The van der Waals surface area contributed by atoms with Crippen molar-refractivity contribution >= 4 is 29.3 Å². The third-order valence-corrected chi connectivity index (χ3v) is 6.66. The van der Waals surface area contributed by atoms with Gasteiger partial charge in [-0.2, -0.15) is 0 Å². The van der Waals surface area contributed by atoms with Crippen molar-refractivity contribution in [1.82, 2.24) is 4.90 Å². The van der Waals surface area contributed by atoms with Crippen LogP contribution in [0.1, 0.15) is 17.7 Å². The van der Waals surface area contributed by atoms with Gasteiger partial charge in [-0.3, -0.25) is 9.59 Å². The van der Waals surface area contributed by atoms with Crippen LogP contribution < -0.4 is 19.1 Å². The Balaban J connectivity index is 2.17. The van der Waals surface area contributed by atoms with Gasteiger partial charge in [0.2, 0.25) is 0 Å². The van der Waals surface area contributed by atoms with Gasteiger partial charge < -0.3 is 28.7 Å². The summed E-state index contributed by atoms with van der Waals surface area (Å²) < 4.78 is 21.9. The Hall–Kier alpha value is -2.91. The zero-order chi connectivity index (χ0) is 24.1. The lowest BCUT2D eigenvalue weighted by molar-refractivity contribution is -0.152. The molecular weight excluding hydrogens is 444 g/mol. The molecule has 0 saturated carbocycles. The van der Waals surface area contributed by atoms with E-state index >= 15 is 0 Å². The van der Waals surface area contributed by atoms with E-state index in [0.717, 1.165) is 10.5 Å². The standard InChI is InChI=1S/C24H30N2O6S/c1-15(27)32-22-23(16-7-9-17(29-4)10-8-16)33-21-14-20(31-6)19(30-5)13-18(21)26(24(22)28)12-11-25(2)3/h7-10,13-14,22-23H,11-12H2,1-6H3/t22-,23+/m0/s1. The number of carbonyl (C=O) groups is 2. The summed E-state index contributed by atoms with van der Waals surface area (Å²) in [5.41, 5.74) is 1.54. The third kappa shape index (κ3) is 5.54. The normalized spacial score (nSPS) is 17.9. The first kappa shape index (κ1) is 24.7. The second kappa shape index (κ2) is 10.8. The summed E-state index contributed by atoms with van der Waals surface area (Å²) in [5.74, 6) is 0.981. The summed E-state index contributed by atoms with van der Waals surface area (Å²) in [4.78, 5) is 30.4. The second-order valence-electron chi connectivity index (χ2n) is 7.81. The lowest BCUT2D eigenvalue weighted by atomic mass is 10.1. The van der Waals surface area contributed by atoms with E-state index in [1.807, 2.05) is 49.3 Å². The van der Waals surface area contributed by atoms with Crippen molar-refractivity contribution in [1.29, 1.82) is 0 Å². The van der Waals surface area contributed by atoms with Gasteiger partial charge in [0.05, 0.1) is 32.3 Å². The number of benzene rings is 2. The van der Waals surface area contributed by atoms with E-state index in [-0.39, 0.29) is 5.91 Å². The van der Waals surface area contributed by atoms with Crippen LogP contribution in [-0.2, 0) is 14.3 Å². The van der Waals surface area contributed by atoms with Gasteiger partial charge in [0.1, 0.15) is 5.75 Å². The molecule has 0 saturated heterocycles. The molecule has 0 spiro atoms. The molecule has 0 unspecified atom stereocenters. The molecule has 1 amide bonds. The summed E-state index contributed by atoms with van der Waals surface area (Å²) in [6.45, 7) is 2.36. The molecular formula is C24H30N2O6S. The van der Waals surface area contributed by atoms with E-state index in [1.54, 1.807) is 32.3 Å². The molecule has 1 aliphatic rings. The highest BCUT2D eigenvalue weighted by Crippen LogP contribution is 2.50. The van der Waals surface area contributed by atoms with Crippen molar-refractivity contribution in [3.63, 3.8) is 0 Å². The lowest BCUT2D eigenvalue weighted by Crippen LogP contribution is -2.45. The summed E-state index contributed by atoms with van der Waals surface area (Å²) in [6, 6.07) is 11.1. The molecule has 2 aromatic carbocycles. The Morgan fingerprint density at radius 1 is 1.03 bits per heavy atom. The monoisotopic (exact) mass is 474 g/mol. The number of anilines is 1. The van der Waals surface area contributed by atoms with Crippen LogP contribution in [-0.4, -0.2) is 71.4 Å². The quantitative estimate of drug-likeness (QED) is 0.539. The highest BCUT2D eigenvalue weighted by Gasteiger charge is 2.41. The van der Waals surface area contributed by atoms with E-state index in [1.165, 1.54) is 18.7 Å². The molecule has 0 aliphatic carbocycles. The van der Waals surface area contributed by atoms with Gasteiger partial charge >= 0.3 is 5.97 Å². The van der Waals surface area contributed by atoms with Crippen LogP contribution in [0.4, 0.5) is 5.69 Å². The topological polar surface area (TPSA) is 77.5 Å². The number of fused-ring (bicyclic) bond motifs is 1. The Labute approximate surface area is 198 Å². The second-order valence-corrected chi connectivity index (χ2v) is 8.99. The molecule has 0 radical (unpaired) electrons. The van der Waals surface area contributed by atoms with E-state index in [2.05, 4.69) is 0 Å². The van der Waals surface area contributed by atoms with Crippen molar-refractivity contribution in [3.05, 3.63) is 42.0 Å². The van der Waals surface area contributed by atoms with Crippen LogP contribution in [0.5, 0.6) is 17.2 Å². The molecule has 1 heterocycles. The molecule has 1 aliphatic heterocycles. The van der Waals surface area contributed by atoms with Crippen LogP contribution in [0.25, 0.3) is 0 Å². The van der Waals surface area contributed by atoms with Crippen molar-refractivity contribution in [2.45, 2.75) is 23.2 Å². The van der Waals surface area contributed by atoms with Crippen molar-refractivity contribution < 1.29 is 28.5 Å². The maximum absolute atomic E-state index is 13.8. The van der Waals surface area contributed by atoms with Crippen molar-refractivity contribution in [2.24, 2.45) is 0 Å². The van der Waals surface area contributed by atoms with Crippen molar-refractivity contribution in [3.8, 4) is 17.2 Å². The highest BCUT2D eigenvalue weighted by molar-refractivity contribution is 7.99. The highest BCUT2D eigenvalue weighted by atomic mass is 32.2. The third-order valence-electron chi connectivity index (χ3n) is 5.30. The number of hydrogen-bond acceptors (Lipinski definition) is 8. The van der Waals surface area contributed by atoms with E-state index in [9.17, 15) is 9.59 Å². The smallest absolute Gasteiger partial charge is 0.303 e. The first-order valence-corrected chi connectivity index (χ1v) is 11.4. The van der Waals surface area contributed by atoms with E-state index < -0.39 is 17.3 Å². The largest absolute Gasteiger partial charge is 0.497 e. The minimum absolute atomic E-state index is 0.286. The average Bonchev–Trinajstić information content (AvgIpc) is 2.90. The molecule has 2 atom stereocenters. The molecule has 2 aromatic rings. The number of hydrogen-bond donors (Lipinski definition) is 0. The minimum atomic E-state index is -1.01. The summed E-state index contributed by atoms with van der Waals surface area (Å²) in [5, 5.41) is -0.464. The number of ether oxygens (including phenoxy) is 4. The van der Waals surface area contributed by atoms with Crippen LogP contribution in [0, 0.1) is 0 Å². The molecule has 33 heavy (non-hydrogen) atoms. The summed E-state index contributed by atoms with van der Waals surface area (Å²) >= 11 is 1.46. The first-order valence-electron chi connectivity index (χ1n) is 10.5. The number of esters is 1. The number of rotatable bonds is 8. The molecule has 8 nitrogen and oxygen atoms in total. The SMILES string of the molecule is COc1ccc([C@H]2Sc3cc(OC)c(OC)cc3N(CCN(C)C)C(=O)[C@H]2OC(C)=O)cc1. The predicted molar refractivity (Wildman–Crippen MR) is 128 cm³/mol. The Morgan fingerprint density at radius 3 is 2.21 bits per heavy atom. The number of methoxy groups -OCH3 is 3. The zero-order valence-electron chi connectivity index (χ0n) is 19.8. The van der Waals surface area contributed by atoms with Gasteiger partial charge in [-0.15, -0.1) is 11.8 Å². The van der Waals surface area contributed by atoms with E-state index in [0.29, 0.717) is 36.0 Å². The maximum atomic E-state index is 13.8. The number of likely N-dealkylation sites (N-methyl/N-ethyl adjacent to an activating group) is 1. The predicted octanol–water partition coefficient (Wildman–Crippen LogP) is 3.39. The van der Waals surface area contributed by atoms with Gasteiger partial charge in [0.25, 0.3) is 5.91 Å². The fraction of sp³-hybridized carbons (Fsp3) is 0.417. The number of carbonyl (C=O) groups excluding carboxylic acids is 2.